The van der Waals surface area contributed by atoms with E-state index < -0.39 is 5.97 Å². The summed E-state index contributed by atoms with van der Waals surface area (Å²) < 4.78 is 2.57. The molecule has 0 fully saturated rings. The number of hydrogen-bond donors (Lipinski definition) is 1. The average Bonchev–Trinajstić information content (AvgIpc) is 2.87. The van der Waals surface area contributed by atoms with Gasteiger partial charge in [0.1, 0.15) is 0 Å². The highest BCUT2D eigenvalue weighted by molar-refractivity contribution is 9.10. The van der Waals surface area contributed by atoms with Crippen molar-refractivity contribution >= 4 is 27.5 Å². The van der Waals surface area contributed by atoms with E-state index in [2.05, 4.69) is 31.2 Å². The summed E-state index contributed by atoms with van der Waals surface area (Å²) in [6, 6.07) is 11.5. The smallest absolute Gasteiger partial charge is 0.303 e. The topological polar surface area (TPSA) is 80.4 Å². The molecule has 0 aliphatic heterocycles. The van der Waals surface area contributed by atoms with E-state index in [0.717, 1.165) is 15.7 Å². The van der Waals surface area contributed by atoms with Crippen molar-refractivity contribution in [2.45, 2.75) is 12.8 Å². The van der Waals surface area contributed by atoms with Gasteiger partial charge in [-0.25, -0.2) is 0 Å². The Morgan fingerprint density at radius 2 is 2.10 bits per heavy atom. The molecular weight excluding hydrogens is 336 g/mol. The molecule has 106 valence electrons. The predicted molar refractivity (Wildman–Crippen MR) is 79.9 cm³/mol. The van der Waals surface area contributed by atoms with Crippen LogP contribution < -0.4 is 0 Å². The molecule has 0 radical (unpaired) electrons. The Bertz CT molecular complexity index is 816. The minimum atomic E-state index is -0.866. The van der Waals surface area contributed by atoms with Crippen LogP contribution in [0, 0.1) is 0 Å². The molecule has 3 aromatic rings. The third-order valence-electron chi connectivity index (χ3n) is 3.01. The summed E-state index contributed by atoms with van der Waals surface area (Å²) in [6.45, 7) is 0. The summed E-state index contributed by atoms with van der Waals surface area (Å²) in [5.74, 6) is -0.320. The van der Waals surface area contributed by atoms with Gasteiger partial charge in [-0.1, -0.05) is 28.1 Å². The number of aliphatic carboxylic acids is 1. The Kier molecular flexibility index (Phi) is 3.66. The van der Waals surface area contributed by atoms with Gasteiger partial charge >= 0.3 is 5.97 Å². The lowest BCUT2D eigenvalue weighted by Crippen LogP contribution is -2.04. The first-order valence-electron chi connectivity index (χ1n) is 6.32. The van der Waals surface area contributed by atoms with Crippen LogP contribution >= 0.6 is 15.9 Å². The van der Waals surface area contributed by atoms with E-state index in [1.807, 2.05) is 36.4 Å². The van der Waals surface area contributed by atoms with Crippen LogP contribution in [0.1, 0.15) is 12.2 Å². The third-order valence-corrected chi connectivity index (χ3v) is 3.50. The van der Waals surface area contributed by atoms with Crippen molar-refractivity contribution in [3.05, 3.63) is 46.7 Å². The fourth-order valence-corrected chi connectivity index (χ4v) is 2.41. The second kappa shape index (κ2) is 5.61. The van der Waals surface area contributed by atoms with Crippen LogP contribution in [0.15, 0.2) is 40.9 Å². The lowest BCUT2D eigenvalue weighted by Gasteiger charge is -2.03. The van der Waals surface area contributed by atoms with Gasteiger partial charge in [0.05, 0.1) is 12.1 Å². The molecule has 0 aliphatic carbocycles. The fourth-order valence-electron chi connectivity index (χ4n) is 2.01. The molecule has 0 unspecified atom stereocenters. The number of halogens is 1. The first-order chi connectivity index (χ1) is 10.1. The van der Waals surface area contributed by atoms with Gasteiger partial charge in [-0.3, -0.25) is 4.79 Å². The van der Waals surface area contributed by atoms with Crippen molar-refractivity contribution < 1.29 is 9.90 Å². The minimum absolute atomic E-state index is 0.00356. The maximum atomic E-state index is 10.7. The predicted octanol–water partition coefficient (Wildman–Crippen LogP) is 2.57. The number of hydrogen-bond acceptors (Lipinski definition) is 4. The maximum Gasteiger partial charge on any atom is 0.303 e. The van der Waals surface area contributed by atoms with E-state index in [4.69, 9.17) is 5.11 Å². The molecule has 0 bridgehead atoms. The molecule has 0 saturated heterocycles. The zero-order chi connectivity index (χ0) is 14.8. The Morgan fingerprint density at radius 1 is 1.24 bits per heavy atom. The zero-order valence-corrected chi connectivity index (χ0v) is 12.5. The lowest BCUT2D eigenvalue weighted by molar-refractivity contribution is -0.137. The minimum Gasteiger partial charge on any atom is -0.481 e. The van der Waals surface area contributed by atoms with Crippen LogP contribution in [0.5, 0.6) is 0 Å². The number of carbonyl (C=O) groups is 1. The van der Waals surface area contributed by atoms with Gasteiger partial charge in [0.25, 0.3) is 0 Å². The summed E-state index contributed by atoms with van der Waals surface area (Å²) in [5, 5.41) is 21.3. The monoisotopic (exact) mass is 346 g/mol. The number of rotatable bonds is 4. The quantitative estimate of drug-likeness (QED) is 0.785. The normalized spacial score (nSPS) is 10.9. The van der Waals surface area contributed by atoms with E-state index in [-0.39, 0.29) is 6.42 Å². The van der Waals surface area contributed by atoms with E-state index in [1.165, 1.54) is 0 Å². The van der Waals surface area contributed by atoms with E-state index in [9.17, 15) is 4.79 Å². The molecular formula is C14H11BrN4O2. The Hall–Kier alpha value is -2.28. The highest BCUT2D eigenvalue weighted by Crippen LogP contribution is 2.21. The first kappa shape index (κ1) is 13.7. The van der Waals surface area contributed by atoms with Gasteiger partial charge in [0.2, 0.25) is 0 Å². The van der Waals surface area contributed by atoms with Gasteiger partial charge < -0.3 is 5.11 Å². The molecule has 2 heterocycles. The second-order valence-electron chi connectivity index (χ2n) is 4.51. The molecule has 7 heteroatoms. The SMILES string of the molecule is O=C(O)CCc1nnc2ccc(-c3cccc(Br)c3)nn12. The van der Waals surface area contributed by atoms with Gasteiger partial charge in [-0.2, -0.15) is 9.61 Å². The van der Waals surface area contributed by atoms with Gasteiger partial charge in [-0.05, 0) is 24.3 Å². The summed E-state index contributed by atoms with van der Waals surface area (Å²) in [7, 11) is 0. The van der Waals surface area contributed by atoms with Crippen molar-refractivity contribution in [3.8, 4) is 11.3 Å². The van der Waals surface area contributed by atoms with Crippen molar-refractivity contribution in [3.63, 3.8) is 0 Å². The average molecular weight is 347 g/mol. The van der Waals surface area contributed by atoms with Crippen LogP contribution in [0.3, 0.4) is 0 Å². The van der Waals surface area contributed by atoms with Crippen LogP contribution in [0.25, 0.3) is 16.9 Å². The van der Waals surface area contributed by atoms with Crippen molar-refractivity contribution in [2.75, 3.05) is 0 Å². The molecule has 0 amide bonds. The molecule has 1 N–H and O–H groups in total. The second-order valence-corrected chi connectivity index (χ2v) is 5.42. The lowest BCUT2D eigenvalue weighted by atomic mass is 10.1. The molecule has 0 saturated carbocycles. The molecule has 3 rings (SSSR count). The molecule has 0 aliphatic rings. The molecule has 6 nitrogen and oxygen atoms in total. The van der Waals surface area contributed by atoms with Gasteiger partial charge in [0.15, 0.2) is 11.5 Å². The number of carboxylic acid groups (broad SMARTS) is 1. The molecule has 0 atom stereocenters. The van der Waals surface area contributed by atoms with Crippen LogP contribution in [0.4, 0.5) is 0 Å². The van der Waals surface area contributed by atoms with Crippen LogP contribution in [0.2, 0.25) is 0 Å². The zero-order valence-electron chi connectivity index (χ0n) is 10.9. The first-order valence-corrected chi connectivity index (χ1v) is 7.12. The number of carboxylic acids is 1. The van der Waals surface area contributed by atoms with E-state index >= 15 is 0 Å². The Labute approximate surface area is 128 Å². The number of benzene rings is 1. The Balaban J connectivity index is 2.02. The summed E-state index contributed by atoms with van der Waals surface area (Å²) in [4.78, 5) is 10.7. The fraction of sp³-hybridized carbons (Fsp3) is 0.143. The molecule has 2 aromatic heterocycles. The third kappa shape index (κ3) is 2.92. The highest BCUT2D eigenvalue weighted by Gasteiger charge is 2.10. The number of fused-ring (bicyclic) bond motifs is 1. The van der Waals surface area contributed by atoms with Crippen molar-refractivity contribution in [2.24, 2.45) is 0 Å². The van der Waals surface area contributed by atoms with Crippen molar-refractivity contribution in [1.29, 1.82) is 0 Å². The number of aryl methyl sites for hydroxylation is 1. The molecule has 21 heavy (non-hydrogen) atoms. The van der Waals surface area contributed by atoms with E-state index in [0.29, 0.717) is 17.9 Å². The maximum absolute atomic E-state index is 10.7. The standard InChI is InChI=1S/C14H11BrN4O2/c15-10-3-1-2-9(8-10)11-4-5-12-16-17-13(19(12)18-11)6-7-14(20)21/h1-5,8H,6-7H2,(H,20,21). The van der Waals surface area contributed by atoms with Crippen LogP contribution in [-0.2, 0) is 11.2 Å². The van der Waals surface area contributed by atoms with E-state index in [1.54, 1.807) is 4.52 Å². The summed E-state index contributed by atoms with van der Waals surface area (Å²) in [5.41, 5.74) is 2.35. The Morgan fingerprint density at radius 3 is 2.86 bits per heavy atom. The largest absolute Gasteiger partial charge is 0.481 e. The summed E-state index contributed by atoms with van der Waals surface area (Å²) >= 11 is 3.43. The van der Waals surface area contributed by atoms with Crippen LogP contribution in [-0.4, -0.2) is 30.9 Å². The molecule has 0 spiro atoms. The van der Waals surface area contributed by atoms with Gasteiger partial charge in [-0.15, -0.1) is 10.2 Å². The highest BCUT2D eigenvalue weighted by atomic mass is 79.9. The van der Waals surface area contributed by atoms with Crippen molar-refractivity contribution in [1.82, 2.24) is 19.8 Å². The summed E-state index contributed by atoms with van der Waals surface area (Å²) in [6.07, 6.45) is 0.301. The van der Waals surface area contributed by atoms with Gasteiger partial charge in [0, 0.05) is 16.5 Å². The number of aromatic nitrogens is 4. The number of nitrogens with zero attached hydrogens (tertiary/aromatic N) is 4. The molecule has 1 aromatic carbocycles.